The normalized spacial score (nSPS) is 13.2. The Kier molecular flexibility index (Phi) is 4.92. The zero-order valence-electron chi connectivity index (χ0n) is 12.9. The summed E-state index contributed by atoms with van der Waals surface area (Å²) in [6, 6.07) is 0.915. The second kappa shape index (κ2) is 6.07. The Hall–Kier alpha value is -1.85. The van der Waals surface area contributed by atoms with E-state index < -0.39 is 17.6 Å². The largest absolute Gasteiger partial charge is 0.458 e. The maximum atomic E-state index is 12.1. The van der Waals surface area contributed by atoms with E-state index in [2.05, 4.69) is 10.4 Å². The molecule has 1 amide bonds. The fourth-order valence-corrected chi connectivity index (χ4v) is 1.67. The Balaban J connectivity index is 2.81. The zero-order valence-corrected chi connectivity index (χ0v) is 12.9. The van der Waals surface area contributed by atoms with Gasteiger partial charge in [0.25, 0.3) is 5.91 Å². The second-order valence-corrected chi connectivity index (χ2v) is 6.07. The van der Waals surface area contributed by atoms with Crippen LogP contribution in [0.3, 0.4) is 0 Å². The molecule has 0 aliphatic rings. The third-order valence-corrected chi connectivity index (χ3v) is 2.67. The molecule has 0 saturated carbocycles. The van der Waals surface area contributed by atoms with Gasteiger partial charge in [0.1, 0.15) is 17.3 Å². The number of carbonyl (C=O) groups is 2. The third-order valence-electron chi connectivity index (χ3n) is 2.67. The van der Waals surface area contributed by atoms with Gasteiger partial charge in [-0.1, -0.05) is 13.8 Å². The molecule has 1 rings (SSSR count). The van der Waals surface area contributed by atoms with Gasteiger partial charge in [-0.15, -0.1) is 0 Å². The van der Waals surface area contributed by atoms with Crippen LogP contribution >= 0.6 is 0 Å². The molecule has 0 aromatic carbocycles. The van der Waals surface area contributed by atoms with Gasteiger partial charge in [0, 0.05) is 13.2 Å². The second-order valence-electron chi connectivity index (χ2n) is 6.07. The van der Waals surface area contributed by atoms with E-state index in [4.69, 9.17) is 4.74 Å². The molecule has 6 nitrogen and oxygen atoms in total. The molecule has 1 heterocycles. The maximum Gasteiger partial charge on any atom is 0.329 e. The van der Waals surface area contributed by atoms with Crippen molar-refractivity contribution in [2.45, 2.75) is 46.3 Å². The highest BCUT2D eigenvalue weighted by atomic mass is 16.6. The number of hydrogen-bond acceptors (Lipinski definition) is 4. The molecular weight excluding hydrogens is 258 g/mol. The summed E-state index contributed by atoms with van der Waals surface area (Å²) in [7, 11) is 1.67. The minimum atomic E-state index is -0.684. The molecule has 1 N–H and O–H groups in total. The number of ether oxygens (including phenoxy) is 1. The summed E-state index contributed by atoms with van der Waals surface area (Å²) >= 11 is 0. The van der Waals surface area contributed by atoms with Crippen LogP contribution in [0.1, 0.15) is 45.1 Å². The van der Waals surface area contributed by atoms with E-state index in [9.17, 15) is 9.59 Å². The summed E-state index contributed by atoms with van der Waals surface area (Å²) in [4.78, 5) is 24.3. The van der Waals surface area contributed by atoms with Gasteiger partial charge in [-0.05, 0) is 32.8 Å². The first-order valence-corrected chi connectivity index (χ1v) is 6.63. The highest BCUT2D eigenvalue weighted by Gasteiger charge is 2.29. The highest BCUT2D eigenvalue weighted by Crippen LogP contribution is 2.13. The number of esters is 1. The first kappa shape index (κ1) is 16.2. The summed E-state index contributed by atoms with van der Waals surface area (Å²) in [5.74, 6) is -0.834. The van der Waals surface area contributed by atoms with E-state index in [-0.39, 0.29) is 11.8 Å². The van der Waals surface area contributed by atoms with Gasteiger partial charge in [0.2, 0.25) is 0 Å². The van der Waals surface area contributed by atoms with Crippen LogP contribution in [0.25, 0.3) is 0 Å². The molecule has 1 aromatic rings. The molecule has 112 valence electrons. The molecule has 0 saturated heterocycles. The average Bonchev–Trinajstić information content (AvgIpc) is 2.69. The first-order chi connectivity index (χ1) is 9.11. The van der Waals surface area contributed by atoms with Crippen LogP contribution in [-0.2, 0) is 16.6 Å². The number of nitrogens with one attached hydrogen (secondary N) is 1. The van der Waals surface area contributed by atoms with Crippen LogP contribution < -0.4 is 5.32 Å². The van der Waals surface area contributed by atoms with E-state index in [1.54, 1.807) is 33.9 Å². The predicted molar refractivity (Wildman–Crippen MR) is 75.1 cm³/mol. The van der Waals surface area contributed by atoms with Crippen LogP contribution in [0.15, 0.2) is 12.3 Å². The van der Waals surface area contributed by atoms with Gasteiger partial charge < -0.3 is 10.1 Å². The lowest BCUT2D eigenvalue weighted by Gasteiger charge is -2.26. The summed E-state index contributed by atoms with van der Waals surface area (Å²) in [6.07, 6.45) is 1.53. The van der Waals surface area contributed by atoms with Gasteiger partial charge in [0.05, 0.1) is 0 Å². The minimum Gasteiger partial charge on any atom is -0.458 e. The molecule has 0 spiro atoms. The van der Waals surface area contributed by atoms with Crippen LogP contribution in [0.2, 0.25) is 0 Å². The molecule has 0 aliphatic heterocycles. The number of nitrogens with zero attached hydrogens (tertiary/aromatic N) is 2. The van der Waals surface area contributed by atoms with Gasteiger partial charge in [-0.2, -0.15) is 5.10 Å². The maximum absolute atomic E-state index is 12.1. The van der Waals surface area contributed by atoms with Crippen LogP contribution in [0.4, 0.5) is 0 Å². The van der Waals surface area contributed by atoms with Crippen LogP contribution in [0, 0.1) is 5.92 Å². The molecule has 0 fully saturated rings. The van der Waals surface area contributed by atoms with Gasteiger partial charge in [0.15, 0.2) is 0 Å². The van der Waals surface area contributed by atoms with Crippen molar-refractivity contribution in [2.75, 3.05) is 0 Å². The quantitative estimate of drug-likeness (QED) is 0.849. The third kappa shape index (κ3) is 4.36. The average molecular weight is 281 g/mol. The van der Waals surface area contributed by atoms with E-state index in [1.807, 2.05) is 13.8 Å². The standard InChI is InChI=1S/C14H23N3O3/c1-9(2)11(13(19)20-14(3,4)5)16-12(18)10-7-8-15-17(10)6/h7-9,11H,1-6H3,(H,16,18)/t11-/m0/s1. The smallest absolute Gasteiger partial charge is 0.329 e. The Morgan fingerprint density at radius 2 is 1.95 bits per heavy atom. The monoisotopic (exact) mass is 281 g/mol. The summed E-state index contributed by atoms with van der Waals surface area (Å²) in [5.41, 5.74) is -0.180. The van der Waals surface area contributed by atoms with Crippen molar-refractivity contribution < 1.29 is 14.3 Å². The van der Waals surface area contributed by atoms with Crippen LogP contribution in [-0.4, -0.2) is 33.3 Å². The van der Waals surface area contributed by atoms with Crippen molar-refractivity contribution in [3.8, 4) is 0 Å². The number of hydrogen-bond donors (Lipinski definition) is 1. The lowest BCUT2D eigenvalue weighted by atomic mass is 10.0. The Morgan fingerprint density at radius 3 is 2.35 bits per heavy atom. The van der Waals surface area contributed by atoms with E-state index in [0.29, 0.717) is 5.69 Å². The van der Waals surface area contributed by atoms with Crippen LogP contribution in [0.5, 0.6) is 0 Å². The molecule has 0 bridgehead atoms. The Bertz CT molecular complexity index is 486. The van der Waals surface area contributed by atoms with Gasteiger partial charge in [-0.25, -0.2) is 4.79 Å². The number of carbonyl (C=O) groups excluding carboxylic acids is 2. The number of aryl methyl sites for hydroxylation is 1. The fourth-order valence-electron chi connectivity index (χ4n) is 1.67. The van der Waals surface area contributed by atoms with Gasteiger partial charge in [-0.3, -0.25) is 9.48 Å². The van der Waals surface area contributed by atoms with Gasteiger partial charge >= 0.3 is 5.97 Å². The Labute approximate surface area is 119 Å². The SMILES string of the molecule is CC(C)[C@H](NC(=O)c1ccnn1C)C(=O)OC(C)(C)C. The number of rotatable bonds is 4. The lowest BCUT2D eigenvalue weighted by Crippen LogP contribution is -2.47. The molecule has 0 radical (unpaired) electrons. The topological polar surface area (TPSA) is 73.2 Å². The van der Waals surface area contributed by atoms with Crippen molar-refractivity contribution in [1.82, 2.24) is 15.1 Å². The summed E-state index contributed by atoms with van der Waals surface area (Å²) in [5, 5.41) is 6.64. The first-order valence-electron chi connectivity index (χ1n) is 6.63. The molecule has 0 unspecified atom stereocenters. The van der Waals surface area contributed by atoms with E-state index in [0.717, 1.165) is 0 Å². The number of aromatic nitrogens is 2. The molecule has 6 heteroatoms. The van der Waals surface area contributed by atoms with Crippen molar-refractivity contribution in [3.05, 3.63) is 18.0 Å². The minimum absolute atomic E-state index is 0.0676. The van der Waals surface area contributed by atoms with Crippen molar-refractivity contribution in [2.24, 2.45) is 13.0 Å². The van der Waals surface area contributed by atoms with Crippen molar-refractivity contribution >= 4 is 11.9 Å². The summed E-state index contributed by atoms with van der Waals surface area (Å²) < 4.78 is 6.79. The molecule has 20 heavy (non-hydrogen) atoms. The molecular formula is C14H23N3O3. The van der Waals surface area contributed by atoms with Crippen molar-refractivity contribution in [1.29, 1.82) is 0 Å². The lowest BCUT2D eigenvalue weighted by molar-refractivity contribution is -0.158. The fraction of sp³-hybridized carbons (Fsp3) is 0.643. The van der Waals surface area contributed by atoms with Crippen molar-refractivity contribution in [3.63, 3.8) is 0 Å². The molecule has 0 aliphatic carbocycles. The number of amides is 1. The molecule has 1 aromatic heterocycles. The zero-order chi connectivity index (χ0) is 15.5. The molecule has 1 atom stereocenters. The van der Waals surface area contributed by atoms with E-state index in [1.165, 1.54) is 10.9 Å². The Morgan fingerprint density at radius 1 is 1.35 bits per heavy atom. The summed E-state index contributed by atoms with van der Waals surface area (Å²) in [6.45, 7) is 9.11. The van der Waals surface area contributed by atoms with E-state index >= 15 is 0 Å². The highest BCUT2D eigenvalue weighted by molar-refractivity contribution is 5.95. The predicted octanol–water partition coefficient (Wildman–Crippen LogP) is 1.52.